The van der Waals surface area contributed by atoms with Gasteiger partial charge in [-0.1, -0.05) is 53.7 Å². The van der Waals surface area contributed by atoms with Crippen LogP contribution < -0.4 is 0 Å². The third-order valence-corrected chi connectivity index (χ3v) is 7.91. The molecule has 1 amide bonds. The summed E-state index contributed by atoms with van der Waals surface area (Å²) < 4.78 is 0. The molecule has 1 atom stereocenters. The number of amides is 1. The first kappa shape index (κ1) is 27.4. The zero-order valence-corrected chi connectivity index (χ0v) is 23.2. The molecule has 0 aromatic heterocycles. The van der Waals surface area contributed by atoms with Gasteiger partial charge >= 0.3 is 0 Å². The van der Waals surface area contributed by atoms with Gasteiger partial charge in [-0.25, -0.2) is 0 Å². The van der Waals surface area contributed by atoms with E-state index in [9.17, 15) is 15.0 Å². The van der Waals surface area contributed by atoms with Gasteiger partial charge in [-0.15, -0.1) is 11.8 Å². The molecule has 1 heterocycles. The first-order valence-electron chi connectivity index (χ1n) is 12.5. The number of thioether (sulfide) groups is 1. The van der Waals surface area contributed by atoms with Crippen LogP contribution in [0.15, 0.2) is 36.4 Å². The molecule has 1 aliphatic heterocycles. The van der Waals surface area contributed by atoms with Crippen molar-refractivity contribution in [1.29, 1.82) is 0 Å². The summed E-state index contributed by atoms with van der Waals surface area (Å²) in [5.74, 6) is 1.36. The van der Waals surface area contributed by atoms with E-state index in [1.165, 1.54) is 5.56 Å². The Morgan fingerprint density at radius 1 is 0.971 bits per heavy atom. The number of likely N-dealkylation sites (N-methyl/N-ethyl adjacent to an activating group) is 1. The number of hydrogen-bond acceptors (Lipinski definition) is 5. The molecule has 2 N–H and O–H groups in total. The molecule has 1 unspecified atom stereocenters. The minimum atomic E-state index is -0.196. The van der Waals surface area contributed by atoms with Gasteiger partial charge < -0.3 is 20.0 Å². The van der Waals surface area contributed by atoms with Crippen LogP contribution in [0.25, 0.3) is 0 Å². The Morgan fingerprint density at radius 3 is 2.09 bits per heavy atom. The summed E-state index contributed by atoms with van der Waals surface area (Å²) in [6, 6.07) is 11.6. The van der Waals surface area contributed by atoms with Gasteiger partial charge in [0, 0.05) is 13.1 Å². The molecule has 0 radical (unpaired) electrons. The van der Waals surface area contributed by atoms with Gasteiger partial charge in [-0.2, -0.15) is 0 Å². The maximum Gasteiger partial charge on any atom is 0.233 e. The highest BCUT2D eigenvalue weighted by Crippen LogP contribution is 2.45. The van der Waals surface area contributed by atoms with E-state index in [-0.39, 0.29) is 22.1 Å². The van der Waals surface area contributed by atoms with Gasteiger partial charge in [0.25, 0.3) is 0 Å². The Balaban J connectivity index is 1.69. The number of carbonyl (C=O) groups is 1. The normalized spacial score (nSPS) is 17.0. The van der Waals surface area contributed by atoms with Crippen LogP contribution >= 0.6 is 11.8 Å². The third-order valence-electron chi connectivity index (χ3n) is 6.66. The van der Waals surface area contributed by atoms with Crippen LogP contribution in [0.5, 0.6) is 11.5 Å². The lowest BCUT2D eigenvalue weighted by atomic mass is 9.78. The lowest BCUT2D eigenvalue weighted by Crippen LogP contribution is -2.32. The number of rotatable bonds is 8. The topological polar surface area (TPSA) is 64.0 Å². The summed E-state index contributed by atoms with van der Waals surface area (Å²) in [5.41, 5.74) is 3.80. The molecule has 1 saturated heterocycles. The summed E-state index contributed by atoms with van der Waals surface area (Å²) in [4.78, 5) is 17.1. The Kier molecular flexibility index (Phi) is 8.48. The Morgan fingerprint density at radius 2 is 1.54 bits per heavy atom. The summed E-state index contributed by atoms with van der Waals surface area (Å²) in [5, 5.41) is 20.5. The van der Waals surface area contributed by atoms with E-state index >= 15 is 0 Å². The van der Waals surface area contributed by atoms with Crippen LogP contribution in [0.1, 0.15) is 75.6 Å². The molecule has 2 aromatic carbocycles. The van der Waals surface area contributed by atoms with E-state index in [2.05, 4.69) is 65.6 Å². The molecule has 192 valence electrons. The minimum absolute atomic E-state index is 0.0207. The van der Waals surface area contributed by atoms with Gasteiger partial charge in [0.05, 0.1) is 5.75 Å². The SMILES string of the molecule is CN(CCCN1C(=O)CSC1c1cc(C(C)(C)C)c(O)c(C(C)(C)C)c1)CCc1ccc(O)cc1. The van der Waals surface area contributed by atoms with Crippen molar-refractivity contribution < 1.29 is 15.0 Å². The lowest BCUT2D eigenvalue weighted by molar-refractivity contribution is -0.128. The Bertz CT molecular complexity index is 987. The predicted molar refractivity (Wildman–Crippen MR) is 146 cm³/mol. The van der Waals surface area contributed by atoms with E-state index in [1.807, 2.05) is 17.0 Å². The average molecular weight is 499 g/mol. The summed E-state index contributed by atoms with van der Waals surface area (Å²) in [7, 11) is 2.11. The molecule has 1 aliphatic rings. The van der Waals surface area contributed by atoms with E-state index in [1.54, 1.807) is 23.9 Å². The number of carbonyl (C=O) groups excluding carboxylic acids is 1. The van der Waals surface area contributed by atoms with Crippen molar-refractivity contribution in [2.24, 2.45) is 0 Å². The summed E-state index contributed by atoms with van der Waals surface area (Å²) in [6.07, 6.45) is 1.84. The van der Waals surface area contributed by atoms with Gasteiger partial charge in [0.1, 0.15) is 16.9 Å². The van der Waals surface area contributed by atoms with E-state index in [0.29, 0.717) is 17.3 Å². The first-order chi connectivity index (χ1) is 16.3. The highest BCUT2D eigenvalue weighted by atomic mass is 32.2. The second-order valence-corrected chi connectivity index (χ2v) is 12.9. The molecule has 0 bridgehead atoms. The zero-order valence-electron chi connectivity index (χ0n) is 22.4. The highest BCUT2D eigenvalue weighted by Gasteiger charge is 2.35. The van der Waals surface area contributed by atoms with Gasteiger partial charge in [0.2, 0.25) is 5.91 Å². The maximum atomic E-state index is 12.8. The number of nitrogens with zero attached hydrogens (tertiary/aromatic N) is 2. The Labute approximate surface area is 215 Å². The molecule has 2 aromatic rings. The fourth-order valence-corrected chi connectivity index (χ4v) is 5.72. The monoisotopic (exact) mass is 498 g/mol. The molecule has 1 fully saturated rings. The number of hydrogen-bond donors (Lipinski definition) is 2. The van der Waals surface area contributed by atoms with E-state index in [0.717, 1.165) is 49.2 Å². The van der Waals surface area contributed by atoms with Crippen molar-refractivity contribution in [2.45, 2.75) is 70.6 Å². The predicted octanol–water partition coefficient (Wildman–Crippen LogP) is 5.83. The molecular weight excluding hydrogens is 456 g/mol. The third kappa shape index (κ3) is 6.95. The number of phenolic OH excluding ortho intramolecular Hbond substituents is 2. The molecule has 35 heavy (non-hydrogen) atoms. The van der Waals surface area contributed by atoms with Crippen LogP contribution in [0.2, 0.25) is 0 Å². The van der Waals surface area contributed by atoms with Crippen LogP contribution in [0.4, 0.5) is 0 Å². The molecule has 0 saturated carbocycles. The minimum Gasteiger partial charge on any atom is -0.508 e. The molecule has 6 heteroatoms. The van der Waals surface area contributed by atoms with Gasteiger partial charge in [-0.3, -0.25) is 4.79 Å². The van der Waals surface area contributed by atoms with Crippen LogP contribution in [0.3, 0.4) is 0 Å². The number of aromatic hydroxyl groups is 2. The number of phenols is 2. The summed E-state index contributed by atoms with van der Waals surface area (Å²) in [6.45, 7) is 15.3. The smallest absolute Gasteiger partial charge is 0.233 e. The molecule has 0 aliphatic carbocycles. The second kappa shape index (κ2) is 10.8. The quantitative estimate of drug-likeness (QED) is 0.479. The first-order valence-corrected chi connectivity index (χ1v) is 13.6. The Hall–Kier alpha value is -2.18. The molecule has 5 nitrogen and oxygen atoms in total. The van der Waals surface area contributed by atoms with Crippen molar-refractivity contribution in [1.82, 2.24) is 9.80 Å². The van der Waals surface area contributed by atoms with Gasteiger partial charge in [0.15, 0.2) is 0 Å². The average Bonchev–Trinajstić information content (AvgIpc) is 3.12. The fourth-order valence-electron chi connectivity index (χ4n) is 4.52. The summed E-state index contributed by atoms with van der Waals surface area (Å²) >= 11 is 1.68. The van der Waals surface area contributed by atoms with Crippen LogP contribution in [0, 0.1) is 0 Å². The van der Waals surface area contributed by atoms with Crippen molar-refractivity contribution >= 4 is 17.7 Å². The standard InChI is InChI=1S/C29H42N2O3S/c1-28(2,3)23-17-21(18-24(26(23)34)29(4,5)6)27-31(25(33)19-35-27)15-8-14-30(7)16-13-20-9-11-22(32)12-10-20/h9-12,17-18,27,32,34H,8,13-16,19H2,1-7H3. The second-order valence-electron chi connectivity index (χ2n) is 11.8. The lowest BCUT2D eigenvalue weighted by Gasteiger charge is -2.31. The highest BCUT2D eigenvalue weighted by molar-refractivity contribution is 8.00. The van der Waals surface area contributed by atoms with E-state index < -0.39 is 0 Å². The largest absolute Gasteiger partial charge is 0.508 e. The van der Waals surface area contributed by atoms with Crippen LogP contribution in [-0.2, 0) is 22.0 Å². The van der Waals surface area contributed by atoms with Crippen molar-refractivity contribution in [3.05, 3.63) is 58.7 Å². The van der Waals surface area contributed by atoms with Crippen LogP contribution in [-0.4, -0.2) is 58.4 Å². The fraction of sp³-hybridized carbons (Fsp3) is 0.552. The number of benzene rings is 2. The van der Waals surface area contributed by atoms with Crippen molar-refractivity contribution in [2.75, 3.05) is 32.4 Å². The zero-order chi connectivity index (χ0) is 26.0. The molecule has 0 spiro atoms. The van der Waals surface area contributed by atoms with Crippen molar-refractivity contribution in [3.8, 4) is 11.5 Å². The maximum absolute atomic E-state index is 12.8. The van der Waals surface area contributed by atoms with Gasteiger partial charge in [-0.05, 0) is 83.8 Å². The van der Waals surface area contributed by atoms with E-state index in [4.69, 9.17) is 0 Å². The molecular formula is C29H42N2O3S. The van der Waals surface area contributed by atoms with Crippen molar-refractivity contribution in [3.63, 3.8) is 0 Å². The molecule has 3 rings (SSSR count).